The molecular weight excluding hydrogens is 304 g/mol. The number of hydrogen-bond donors (Lipinski definition) is 1. The monoisotopic (exact) mass is 338 g/mol. The van der Waals surface area contributed by atoms with Crippen molar-refractivity contribution in [1.82, 2.24) is 20.0 Å². The molecule has 6 heteroatoms. The number of likely N-dealkylation sites (N-methyl/N-ethyl adjacent to an activating group) is 1. The zero-order chi connectivity index (χ0) is 17.7. The minimum absolute atomic E-state index is 0.00683. The molecular formula is C18H34N4O2. The van der Waals surface area contributed by atoms with Crippen molar-refractivity contribution in [2.75, 3.05) is 52.9 Å². The molecule has 2 aliphatic rings. The first-order valence-electron chi connectivity index (χ1n) is 9.32. The summed E-state index contributed by atoms with van der Waals surface area (Å²) < 4.78 is 0. The van der Waals surface area contributed by atoms with E-state index in [4.69, 9.17) is 0 Å². The van der Waals surface area contributed by atoms with E-state index in [1.807, 2.05) is 11.8 Å². The van der Waals surface area contributed by atoms with Gasteiger partial charge in [0.05, 0.1) is 0 Å². The molecule has 2 heterocycles. The Balaban J connectivity index is 1.88. The average Bonchev–Trinajstić information content (AvgIpc) is 2.83. The summed E-state index contributed by atoms with van der Waals surface area (Å²) in [4.78, 5) is 31.5. The van der Waals surface area contributed by atoms with Crippen molar-refractivity contribution in [3.63, 3.8) is 0 Å². The first-order chi connectivity index (χ1) is 11.3. The standard InChI is InChI=1S/C18H34N4O2/c1-15(2)6-8-19-17(24)18(3)7-5-16(23)22(18)14-13-21-11-9-20(4)10-12-21/h15H,5-14H2,1-4H3,(H,19,24)/t18-/m1/s1. The number of likely N-dealkylation sites (tertiary alicyclic amines) is 1. The third kappa shape index (κ3) is 4.70. The van der Waals surface area contributed by atoms with Crippen LogP contribution in [0.4, 0.5) is 0 Å². The van der Waals surface area contributed by atoms with Gasteiger partial charge in [-0.2, -0.15) is 0 Å². The summed E-state index contributed by atoms with van der Waals surface area (Å²) in [7, 11) is 2.14. The van der Waals surface area contributed by atoms with Crippen LogP contribution in [0, 0.1) is 5.92 Å². The molecule has 138 valence electrons. The van der Waals surface area contributed by atoms with Gasteiger partial charge in [-0.25, -0.2) is 0 Å². The van der Waals surface area contributed by atoms with Crippen LogP contribution in [-0.2, 0) is 9.59 Å². The van der Waals surface area contributed by atoms with Crippen molar-refractivity contribution in [3.8, 4) is 0 Å². The van der Waals surface area contributed by atoms with E-state index in [2.05, 4.69) is 36.0 Å². The SMILES string of the molecule is CC(C)CCNC(=O)[C@@]1(C)CCC(=O)N1CCN1CCN(C)CC1. The largest absolute Gasteiger partial charge is 0.354 e. The molecule has 0 radical (unpaired) electrons. The summed E-state index contributed by atoms with van der Waals surface area (Å²) in [6.45, 7) is 12.6. The van der Waals surface area contributed by atoms with Crippen LogP contribution < -0.4 is 5.32 Å². The lowest BCUT2D eigenvalue weighted by Crippen LogP contribution is -2.57. The normalized spacial score (nSPS) is 26.4. The number of hydrogen-bond acceptors (Lipinski definition) is 4. The fraction of sp³-hybridized carbons (Fsp3) is 0.889. The average molecular weight is 338 g/mol. The second kappa shape index (κ2) is 8.30. The minimum Gasteiger partial charge on any atom is -0.354 e. The Bertz CT molecular complexity index is 446. The molecule has 24 heavy (non-hydrogen) atoms. The van der Waals surface area contributed by atoms with Crippen LogP contribution >= 0.6 is 0 Å². The fourth-order valence-electron chi connectivity index (χ4n) is 3.48. The summed E-state index contributed by atoms with van der Waals surface area (Å²) in [5, 5.41) is 3.04. The molecule has 2 aliphatic heterocycles. The van der Waals surface area contributed by atoms with E-state index in [9.17, 15) is 9.59 Å². The molecule has 0 aromatic carbocycles. The van der Waals surface area contributed by atoms with Gasteiger partial charge in [-0.3, -0.25) is 14.5 Å². The zero-order valence-corrected chi connectivity index (χ0v) is 15.8. The molecule has 0 saturated carbocycles. The minimum atomic E-state index is -0.680. The molecule has 0 aromatic rings. The van der Waals surface area contributed by atoms with E-state index < -0.39 is 5.54 Å². The fourth-order valence-corrected chi connectivity index (χ4v) is 3.48. The van der Waals surface area contributed by atoms with Crippen LogP contribution in [0.5, 0.6) is 0 Å². The molecule has 2 saturated heterocycles. The van der Waals surface area contributed by atoms with Gasteiger partial charge in [0.25, 0.3) is 0 Å². The number of nitrogens with zero attached hydrogens (tertiary/aromatic N) is 3. The maximum Gasteiger partial charge on any atom is 0.245 e. The molecule has 1 atom stereocenters. The van der Waals surface area contributed by atoms with Gasteiger partial charge in [0.15, 0.2) is 0 Å². The highest BCUT2D eigenvalue weighted by molar-refractivity contribution is 5.94. The lowest BCUT2D eigenvalue weighted by atomic mass is 9.97. The van der Waals surface area contributed by atoms with Crippen molar-refractivity contribution >= 4 is 11.8 Å². The van der Waals surface area contributed by atoms with Crippen LogP contribution in [0.3, 0.4) is 0 Å². The molecule has 0 aliphatic carbocycles. The van der Waals surface area contributed by atoms with Gasteiger partial charge in [-0.1, -0.05) is 13.8 Å². The van der Waals surface area contributed by atoms with E-state index in [0.29, 0.717) is 31.8 Å². The van der Waals surface area contributed by atoms with Crippen molar-refractivity contribution in [2.45, 2.75) is 45.6 Å². The lowest BCUT2D eigenvalue weighted by molar-refractivity contribution is -0.140. The maximum absolute atomic E-state index is 12.7. The van der Waals surface area contributed by atoms with Crippen molar-refractivity contribution in [3.05, 3.63) is 0 Å². The van der Waals surface area contributed by atoms with E-state index in [-0.39, 0.29) is 11.8 Å². The molecule has 0 aromatic heterocycles. The Morgan fingerprint density at radius 3 is 2.50 bits per heavy atom. The highest BCUT2D eigenvalue weighted by atomic mass is 16.2. The zero-order valence-electron chi connectivity index (χ0n) is 15.8. The molecule has 6 nitrogen and oxygen atoms in total. The van der Waals surface area contributed by atoms with Gasteiger partial charge in [0.2, 0.25) is 11.8 Å². The van der Waals surface area contributed by atoms with Gasteiger partial charge in [0, 0.05) is 52.2 Å². The van der Waals surface area contributed by atoms with Gasteiger partial charge >= 0.3 is 0 Å². The van der Waals surface area contributed by atoms with Gasteiger partial charge in [-0.15, -0.1) is 0 Å². The van der Waals surface area contributed by atoms with Crippen molar-refractivity contribution < 1.29 is 9.59 Å². The number of amides is 2. The number of carbonyl (C=O) groups is 2. The Morgan fingerprint density at radius 1 is 1.21 bits per heavy atom. The summed E-state index contributed by atoms with van der Waals surface area (Å²) in [5.74, 6) is 0.690. The highest BCUT2D eigenvalue weighted by Gasteiger charge is 2.46. The summed E-state index contributed by atoms with van der Waals surface area (Å²) in [6.07, 6.45) is 2.08. The smallest absolute Gasteiger partial charge is 0.245 e. The number of nitrogens with one attached hydrogen (secondary N) is 1. The van der Waals surface area contributed by atoms with Gasteiger partial charge in [-0.05, 0) is 32.7 Å². The highest BCUT2D eigenvalue weighted by Crippen LogP contribution is 2.30. The topological polar surface area (TPSA) is 55.9 Å². The van der Waals surface area contributed by atoms with Crippen molar-refractivity contribution in [2.24, 2.45) is 5.92 Å². The molecule has 2 amide bonds. The number of rotatable bonds is 7. The second-order valence-electron chi connectivity index (χ2n) is 7.90. The first-order valence-corrected chi connectivity index (χ1v) is 9.32. The molecule has 2 fully saturated rings. The van der Waals surface area contributed by atoms with Gasteiger partial charge in [0.1, 0.15) is 5.54 Å². The van der Waals surface area contributed by atoms with E-state index in [1.165, 1.54) is 0 Å². The third-order valence-corrected chi connectivity index (χ3v) is 5.45. The predicted octanol–water partition coefficient (Wildman–Crippen LogP) is 0.777. The maximum atomic E-state index is 12.7. The molecule has 1 N–H and O–H groups in total. The summed E-state index contributed by atoms with van der Waals surface area (Å²) in [6, 6.07) is 0. The van der Waals surface area contributed by atoms with Gasteiger partial charge < -0.3 is 15.1 Å². The Kier molecular flexibility index (Phi) is 6.63. The molecule has 0 bridgehead atoms. The molecule has 2 rings (SSSR count). The van der Waals surface area contributed by atoms with E-state index in [1.54, 1.807) is 0 Å². The summed E-state index contributed by atoms with van der Waals surface area (Å²) >= 11 is 0. The van der Waals surface area contributed by atoms with Crippen LogP contribution in [0.1, 0.15) is 40.0 Å². The quantitative estimate of drug-likeness (QED) is 0.745. The Labute approximate surface area is 146 Å². The first kappa shape index (κ1) is 19.2. The summed E-state index contributed by atoms with van der Waals surface area (Å²) in [5.41, 5.74) is -0.680. The Morgan fingerprint density at radius 2 is 1.88 bits per heavy atom. The van der Waals surface area contributed by atoms with Crippen LogP contribution in [0.25, 0.3) is 0 Å². The second-order valence-corrected chi connectivity index (χ2v) is 7.90. The molecule has 0 unspecified atom stereocenters. The number of carbonyl (C=O) groups excluding carboxylic acids is 2. The van der Waals surface area contributed by atoms with E-state index >= 15 is 0 Å². The lowest BCUT2D eigenvalue weighted by Gasteiger charge is -2.37. The van der Waals surface area contributed by atoms with E-state index in [0.717, 1.165) is 39.1 Å². The van der Waals surface area contributed by atoms with Crippen molar-refractivity contribution in [1.29, 1.82) is 0 Å². The predicted molar refractivity (Wildman–Crippen MR) is 95.8 cm³/mol. The van der Waals surface area contributed by atoms with Crippen LogP contribution in [-0.4, -0.2) is 84.9 Å². The molecule has 0 spiro atoms. The van der Waals surface area contributed by atoms with Crippen LogP contribution in [0.15, 0.2) is 0 Å². The number of piperazine rings is 1. The third-order valence-electron chi connectivity index (χ3n) is 5.45. The van der Waals surface area contributed by atoms with Crippen LogP contribution in [0.2, 0.25) is 0 Å². The Hall–Kier alpha value is -1.14.